The van der Waals surface area contributed by atoms with Crippen molar-refractivity contribution in [2.45, 2.75) is 38.8 Å². The summed E-state index contributed by atoms with van der Waals surface area (Å²) >= 11 is 0. The average Bonchev–Trinajstić information content (AvgIpc) is 3.24. The summed E-state index contributed by atoms with van der Waals surface area (Å²) in [5, 5.41) is 8.04. The third-order valence-corrected chi connectivity index (χ3v) is 4.83. The monoisotopic (exact) mass is 317 g/mol. The molecule has 0 amide bonds. The van der Waals surface area contributed by atoms with Crippen LogP contribution in [0, 0.1) is 0 Å². The molecule has 0 saturated heterocycles. The summed E-state index contributed by atoms with van der Waals surface area (Å²) in [5.41, 5.74) is 6.74. The molecule has 0 saturated carbocycles. The number of fused-ring (bicyclic) bond motifs is 1. The molecule has 2 aromatic carbocycles. The molecule has 0 spiro atoms. The fourth-order valence-electron chi connectivity index (χ4n) is 3.49. The van der Waals surface area contributed by atoms with E-state index in [1.165, 1.54) is 41.5 Å². The predicted molar refractivity (Wildman–Crippen MR) is 98.3 cm³/mol. The van der Waals surface area contributed by atoms with E-state index in [1.54, 1.807) is 0 Å². The Morgan fingerprint density at radius 1 is 1.08 bits per heavy atom. The second-order valence-corrected chi connectivity index (χ2v) is 6.66. The molecule has 1 aliphatic carbocycles. The van der Waals surface area contributed by atoms with Crippen molar-refractivity contribution >= 4 is 5.69 Å². The maximum Gasteiger partial charge on any atom is 0.0731 e. The van der Waals surface area contributed by atoms with Gasteiger partial charge in [0.25, 0.3) is 0 Å². The number of aryl methyl sites for hydroxylation is 2. The zero-order chi connectivity index (χ0) is 16.4. The lowest BCUT2D eigenvalue weighted by molar-refractivity contribution is 0.687. The van der Waals surface area contributed by atoms with Gasteiger partial charge in [-0.3, -0.25) is 4.68 Å². The fourth-order valence-corrected chi connectivity index (χ4v) is 3.49. The molecule has 122 valence electrons. The van der Waals surface area contributed by atoms with E-state index in [4.69, 9.17) is 0 Å². The van der Waals surface area contributed by atoms with Crippen LogP contribution in [0.5, 0.6) is 0 Å². The van der Waals surface area contributed by atoms with Crippen LogP contribution in [0.2, 0.25) is 0 Å². The Kier molecular flexibility index (Phi) is 4.08. The van der Waals surface area contributed by atoms with Gasteiger partial charge in [-0.15, -0.1) is 0 Å². The largest absolute Gasteiger partial charge is 0.376 e. The van der Waals surface area contributed by atoms with E-state index in [1.807, 2.05) is 16.9 Å². The molecule has 3 heteroatoms. The van der Waals surface area contributed by atoms with Gasteiger partial charge in [0, 0.05) is 12.2 Å². The zero-order valence-electron chi connectivity index (χ0n) is 14.1. The molecule has 1 atom stereocenters. The highest BCUT2D eigenvalue weighted by Gasteiger charge is 2.13. The quantitative estimate of drug-likeness (QED) is 0.745. The van der Waals surface area contributed by atoms with Crippen molar-refractivity contribution < 1.29 is 0 Å². The predicted octanol–water partition coefficient (Wildman–Crippen LogP) is 4.59. The van der Waals surface area contributed by atoms with Crippen LogP contribution in [0.1, 0.15) is 41.6 Å². The van der Waals surface area contributed by atoms with Crippen LogP contribution in [0.3, 0.4) is 0 Å². The Balaban J connectivity index is 1.43. The summed E-state index contributed by atoms with van der Waals surface area (Å²) in [6, 6.07) is 17.6. The first-order valence-electron chi connectivity index (χ1n) is 8.72. The second kappa shape index (κ2) is 6.52. The highest BCUT2D eigenvalue weighted by Crippen LogP contribution is 2.27. The Morgan fingerprint density at radius 2 is 1.92 bits per heavy atom. The van der Waals surface area contributed by atoms with Crippen molar-refractivity contribution in [3.05, 3.63) is 83.2 Å². The number of nitrogens with zero attached hydrogens (tertiary/aromatic N) is 2. The van der Waals surface area contributed by atoms with Crippen LogP contribution >= 0.6 is 0 Å². The van der Waals surface area contributed by atoms with E-state index in [0.717, 1.165) is 12.2 Å². The first-order valence-corrected chi connectivity index (χ1v) is 8.72. The Bertz CT molecular complexity index is 820. The van der Waals surface area contributed by atoms with E-state index in [-0.39, 0.29) is 6.04 Å². The van der Waals surface area contributed by atoms with Gasteiger partial charge in [0.05, 0.1) is 18.4 Å². The number of hydrogen-bond donors (Lipinski definition) is 1. The zero-order valence-corrected chi connectivity index (χ0v) is 14.1. The molecular formula is C21H23N3. The van der Waals surface area contributed by atoms with Crippen LogP contribution in [-0.2, 0) is 19.4 Å². The number of benzene rings is 2. The van der Waals surface area contributed by atoms with Crippen molar-refractivity contribution in [3.8, 4) is 0 Å². The van der Waals surface area contributed by atoms with E-state index in [9.17, 15) is 0 Å². The van der Waals surface area contributed by atoms with Crippen molar-refractivity contribution in [1.82, 2.24) is 9.78 Å². The lowest BCUT2D eigenvalue weighted by Crippen LogP contribution is -2.06. The minimum Gasteiger partial charge on any atom is -0.376 e. The SMILES string of the molecule is CC(Nc1cnn(Cc2ccccc2)c1)c1ccc2c(c1)CCC2. The minimum atomic E-state index is 0.283. The molecule has 0 aliphatic heterocycles. The molecule has 0 radical (unpaired) electrons. The molecule has 1 unspecified atom stereocenters. The molecule has 3 nitrogen and oxygen atoms in total. The molecule has 24 heavy (non-hydrogen) atoms. The molecule has 1 aliphatic rings. The van der Waals surface area contributed by atoms with E-state index >= 15 is 0 Å². The third-order valence-electron chi connectivity index (χ3n) is 4.83. The first-order chi connectivity index (χ1) is 11.8. The van der Waals surface area contributed by atoms with Crippen LogP contribution in [0.4, 0.5) is 5.69 Å². The smallest absolute Gasteiger partial charge is 0.0731 e. The van der Waals surface area contributed by atoms with E-state index in [0.29, 0.717) is 0 Å². The van der Waals surface area contributed by atoms with E-state index in [2.05, 4.69) is 66.0 Å². The first kappa shape index (κ1) is 15.0. The summed E-state index contributed by atoms with van der Waals surface area (Å²) in [5.74, 6) is 0. The van der Waals surface area contributed by atoms with E-state index < -0.39 is 0 Å². The highest BCUT2D eigenvalue weighted by atomic mass is 15.3. The Morgan fingerprint density at radius 3 is 2.79 bits per heavy atom. The van der Waals surface area contributed by atoms with Gasteiger partial charge in [0.15, 0.2) is 0 Å². The molecule has 4 rings (SSSR count). The van der Waals surface area contributed by atoms with Crippen LogP contribution in [-0.4, -0.2) is 9.78 Å². The standard InChI is InChI=1S/C21H23N3/c1-16(19-11-10-18-8-5-9-20(18)12-19)23-21-13-22-24(15-21)14-17-6-3-2-4-7-17/h2-4,6-7,10-13,15-16,23H,5,8-9,14H2,1H3. The van der Waals surface area contributed by atoms with Crippen LogP contribution < -0.4 is 5.32 Å². The van der Waals surface area contributed by atoms with Crippen LogP contribution in [0.15, 0.2) is 60.9 Å². The van der Waals surface area contributed by atoms with Gasteiger partial charge in [-0.2, -0.15) is 5.10 Å². The lowest BCUT2D eigenvalue weighted by Gasteiger charge is -2.15. The van der Waals surface area contributed by atoms with Gasteiger partial charge in [-0.25, -0.2) is 0 Å². The maximum absolute atomic E-state index is 4.47. The Labute approximate surface area is 143 Å². The maximum atomic E-state index is 4.47. The Hall–Kier alpha value is -2.55. The van der Waals surface area contributed by atoms with Gasteiger partial charge in [0.1, 0.15) is 0 Å². The fraction of sp³-hybridized carbons (Fsp3) is 0.286. The minimum absolute atomic E-state index is 0.283. The summed E-state index contributed by atoms with van der Waals surface area (Å²) < 4.78 is 1.98. The average molecular weight is 317 g/mol. The topological polar surface area (TPSA) is 29.9 Å². The molecule has 1 aromatic heterocycles. The van der Waals surface area contributed by atoms with Crippen molar-refractivity contribution in [2.24, 2.45) is 0 Å². The summed E-state index contributed by atoms with van der Waals surface area (Å²) in [6.07, 6.45) is 7.76. The number of rotatable bonds is 5. The molecule has 0 fully saturated rings. The van der Waals surface area contributed by atoms with Crippen molar-refractivity contribution in [1.29, 1.82) is 0 Å². The highest BCUT2D eigenvalue weighted by molar-refractivity contribution is 5.44. The van der Waals surface area contributed by atoms with Crippen LogP contribution in [0.25, 0.3) is 0 Å². The number of aromatic nitrogens is 2. The number of nitrogens with one attached hydrogen (secondary N) is 1. The van der Waals surface area contributed by atoms with Gasteiger partial charge in [-0.1, -0.05) is 48.5 Å². The van der Waals surface area contributed by atoms with Gasteiger partial charge >= 0.3 is 0 Å². The van der Waals surface area contributed by atoms with Gasteiger partial charge in [-0.05, 0) is 48.4 Å². The summed E-state index contributed by atoms with van der Waals surface area (Å²) in [7, 11) is 0. The van der Waals surface area contributed by atoms with Gasteiger partial charge < -0.3 is 5.32 Å². The number of anilines is 1. The summed E-state index contributed by atoms with van der Waals surface area (Å²) in [4.78, 5) is 0. The lowest BCUT2D eigenvalue weighted by atomic mass is 10.0. The normalized spacial score (nSPS) is 14.4. The van der Waals surface area contributed by atoms with Crippen molar-refractivity contribution in [3.63, 3.8) is 0 Å². The molecule has 1 heterocycles. The summed E-state index contributed by atoms with van der Waals surface area (Å²) in [6.45, 7) is 3.01. The second-order valence-electron chi connectivity index (χ2n) is 6.66. The number of hydrogen-bond acceptors (Lipinski definition) is 2. The molecule has 0 bridgehead atoms. The molecule has 1 N–H and O–H groups in total. The van der Waals surface area contributed by atoms with Gasteiger partial charge in [0.2, 0.25) is 0 Å². The molecular weight excluding hydrogens is 294 g/mol. The van der Waals surface area contributed by atoms with Crippen molar-refractivity contribution in [2.75, 3.05) is 5.32 Å². The molecule has 3 aromatic rings. The third kappa shape index (κ3) is 3.21.